The average Bonchev–Trinajstić information content (AvgIpc) is 3.04. The fourth-order valence-corrected chi connectivity index (χ4v) is 6.47. The van der Waals surface area contributed by atoms with Crippen LogP contribution in [0.25, 0.3) is 0 Å². The van der Waals surface area contributed by atoms with Gasteiger partial charge in [0, 0.05) is 24.0 Å². The molecule has 45 heavy (non-hydrogen) atoms. The maximum absolute atomic E-state index is 14.5. The number of hydrogen-bond donors (Lipinski definition) is 1. The van der Waals surface area contributed by atoms with Crippen LogP contribution in [0, 0.1) is 13.8 Å². The fraction of sp³-hybridized carbons (Fsp3) is 0.278. The smallest absolute Gasteiger partial charge is 0.264 e. The summed E-state index contributed by atoms with van der Waals surface area (Å²) in [5, 5.41) is 3.43. The Kier molecular flexibility index (Phi) is 11.4. The predicted octanol–water partition coefficient (Wildman–Crippen LogP) is 6.71. The zero-order chi connectivity index (χ0) is 32.6. The summed E-state index contributed by atoms with van der Waals surface area (Å²) in [6.45, 7) is 7.26. The van der Waals surface area contributed by atoms with Crippen molar-refractivity contribution in [3.05, 3.63) is 130 Å². The van der Waals surface area contributed by atoms with Gasteiger partial charge in [-0.2, -0.15) is 0 Å². The third-order valence-electron chi connectivity index (χ3n) is 7.80. The Hall–Kier alpha value is -4.14. The van der Waals surface area contributed by atoms with E-state index in [0.29, 0.717) is 11.4 Å². The molecular weight excluding hydrogens is 606 g/mol. The minimum Gasteiger partial charge on any atom is -0.352 e. The SMILES string of the molecule is CC[C@H](C)NC(=O)[C@H](Cc1ccccc1)N(Cc1ccc(C)cc1)C(=O)CN(c1ccc(C)c(Cl)c1)S(=O)(=O)c1ccccc1. The number of carbonyl (C=O) groups excluding carboxylic acids is 2. The molecule has 0 aromatic heterocycles. The highest BCUT2D eigenvalue weighted by atomic mass is 35.5. The summed E-state index contributed by atoms with van der Waals surface area (Å²) in [6.07, 6.45) is 0.968. The molecule has 0 unspecified atom stereocenters. The molecule has 0 aliphatic rings. The molecule has 0 spiro atoms. The molecular formula is C36H40ClN3O4S. The number of anilines is 1. The Bertz CT molecular complexity index is 1700. The van der Waals surface area contributed by atoms with Crippen molar-refractivity contribution in [2.24, 2.45) is 0 Å². The fourth-order valence-electron chi connectivity index (χ4n) is 4.87. The third kappa shape index (κ3) is 8.74. The van der Waals surface area contributed by atoms with E-state index < -0.39 is 28.5 Å². The Morgan fingerprint density at radius 2 is 1.47 bits per heavy atom. The van der Waals surface area contributed by atoms with Gasteiger partial charge in [0.15, 0.2) is 0 Å². The second kappa shape index (κ2) is 15.2. The highest BCUT2D eigenvalue weighted by molar-refractivity contribution is 7.92. The molecule has 1 N–H and O–H groups in total. The molecule has 0 aliphatic heterocycles. The van der Waals surface area contributed by atoms with E-state index in [2.05, 4.69) is 5.32 Å². The first-order valence-corrected chi connectivity index (χ1v) is 16.8. The van der Waals surface area contributed by atoms with Crippen molar-refractivity contribution in [1.29, 1.82) is 0 Å². The highest BCUT2D eigenvalue weighted by Gasteiger charge is 2.35. The molecule has 0 aliphatic carbocycles. The summed E-state index contributed by atoms with van der Waals surface area (Å²) in [5.41, 5.74) is 3.78. The lowest BCUT2D eigenvalue weighted by Gasteiger charge is -2.34. The van der Waals surface area contributed by atoms with Crippen LogP contribution in [0.5, 0.6) is 0 Å². The topological polar surface area (TPSA) is 86.8 Å². The van der Waals surface area contributed by atoms with E-state index >= 15 is 0 Å². The molecule has 2 atom stereocenters. The number of benzene rings is 4. The standard InChI is InChI=1S/C36H40ClN3O4S/c1-5-28(4)38-36(42)34(22-29-12-8-6-9-13-29)39(24-30-19-16-26(2)17-20-30)35(41)25-40(31-21-18-27(3)33(37)23-31)45(43,44)32-14-10-7-11-15-32/h6-21,23,28,34H,5,22,24-25H2,1-4H3,(H,38,42)/t28-,34-/m0/s1. The van der Waals surface area contributed by atoms with E-state index in [1.807, 2.05) is 82.3 Å². The van der Waals surface area contributed by atoms with Gasteiger partial charge in [-0.15, -0.1) is 0 Å². The molecule has 0 bridgehead atoms. The molecule has 2 amide bonds. The van der Waals surface area contributed by atoms with Crippen LogP contribution in [0.3, 0.4) is 0 Å². The largest absolute Gasteiger partial charge is 0.352 e. The van der Waals surface area contributed by atoms with Crippen molar-refractivity contribution in [2.45, 2.75) is 64.1 Å². The van der Waals surface area contributed by atoms with Crippen LogP contribution in [0.4, 0.5) is 5.69 Å². The minimum atomic E-state index is -4.19. The summed E-state index contributed by atoms with van der Waals surface area (Å²) < 4.78 is 29.3. The number of amides is 2. The molecule has 0 saturated heterocycles. The Morgan fingerprint density at radius 3 is 2.07 bits per heavy atom. The van der Waals surface area contributed by atoms with E-state index in [9.17, 15) is 18.0 Å². The minimum absolute atomic E-state index is 0.0370. The van der Waals surface area contributed by atoms with Gasteiger partial charge in [-0.1, -0.05) is 103 Å². The lowest BCUT2D eigenvalue weighted by Crippen LogP contribution is -2.54. The van der Waals surface area contributed by atoms with Gasteiger partial charge in [0.1, 0.15) is 12.6 Å². The van der Waals surface area contributed by atoms with Gasteiger partial charge in [-0.25, -0.2) is 8.42 Å². The summed E-state index contributed by atoms with van der Waals surface area (Å²) in [5.74, 6) is -0.823. The van der Waals surface area contributed by atoms with Crippen LogP contribution in [0.2, 0.25) is 5.02 Å². The number of nitrogens with one attached hydrogen (secondary N) is 1. The monoisotopic (exact) mass is 645 g/mol. The lowest BCUT2D eigenvalue weighted by molar-refractivity contribution is -0.140. The van der Waals surface area contributed by atoms with Crippen molar-refractivity contribution >= 4 is 39.1 Å². The molecule has 9 heteroatoms. The number of carbonyl (C=O) groups is 2. The van der Waals surface area contributed by atoms with E-state index in [1.165, 1.54) is 17.0 Å². The first-order valence-electron chi connectivity index (χ1n) is 15.0. The summed E-state index contributed by atoms with van der Waals surface area (Å²) in [6, 6.07) is 29.1. The first kappa shape index (κ1) is 33.7. The molecule has 4 rings (SSSR count). The molecule has 236 valence electrons. The second-order valence-electron chi connectivity index (χ2n) is 11.3. The molecule has 0 fully saturated rings. The van der Waals surface area contributed by atoms with Crippen LogP contribution in [0.1, 0.15) is 42.5 Å². The maximum atomic E-state index is 14.5. The van der Waals surface area contributed by atoms with Crippen LogP contribution >= 0.6 is 11.6 Å². The average molecular weight is 646 g/mol. The van der Waals surface area contributed by atoms with E-state index in [1.54, 1.807) is 36.4 Å². The number of sulfonamides is 1. The zero-order valence-electron chi connectivity index (χ0n) is 26.1. The summed E-state index contributed by atoms with van der Waals surface area (Å²) in [7, 11) is -4.19. The zero-order valence-corrected chi connectivity index (χ0v) is 27.7. The number of nitrogens with zero attached hydrogens (tertiary/aromatic N) is 2. The Labute approximate surface area is 271 Å². The van der Waals surface area contributed by atoms with Crippen molar-refractivity contribution < 1.29 is 18.0 Å². The van der Waals surface area contributed by atoms with E-state index in [-0.39, 0.29) is 35.5 Å². The second-order valence-corrected chi connectivity index (χ2v) is 13.6. The van der Waals surface area contributed by atoms with Crippen LogP contribution in [-0.2, 0) is 32.6 Å². The Morgan fingerprint density at radius 1 is 0.844 bits per heavy atom. The van der Waals surface area contributed by atoms with Gasteiger partial charge in [-0.3, -0.25) is 13.9 Å². The molecule has 0 heterocycles. The third-order valence-corrected chi connectivity index (χ3v) is 9.99. The van der Waals surface area contributed by atoms with Crippen molar-refractivity contribution in [3.8, 4) is 0 Å². The quantitative estimate of drug-likeness (QED) is 0.175. The maximum Gasteiger partial charge on any atom is 0.264 e. The Balaban J connectivity index is 1.81. The van der Waals surface area contributed by atoms with Crippen LogP contribution in [-0.4, -0.2) is 43.8 Å². The van der Waals surface area contributed by atoms with Crippen molar-refractivity contribution in [3.63, 3.8) is 0 Å². The number of rotatable bonds is 13. The number of halogens is 1. The van der Waals surface area contributed by atoms with E-state index in [4.69, 9.17) is 11.6 Å². The van der Waals surface area contributed by atoms with Gasteiger partial charge in [-0.05, 0) is 68.1 Å². The van der Waals surface area contributed by atoms with Gasteiger partial charge in [0.2, 0.25) is 11.8 Å². The summed E-state index contributed by atoms with van der Waals surface area (Å²) >= 11 is 6.45. The molecule has 4 aromatic rings. The number of hydrogen-bond acceptors (Lipinski definition) is 4. The van der Waals surface area contributed by atoms with Gasteiger partial charge in [0.05, 0.1) is 10.6 Å². The van der Waals surface area contributed by atoms with Gasteiger partial charge >= 0.3 is 0 Å². The summed E-state index contributed by atoms with van der Waals surface area (Å²) in [4.78, 5) is 30.0. The van der Waals surface area contributed by atoms with Gasteiger partial charge < -0.3 is 10.2 Å². The van der Waals surface area contributed by atoms with Gasteiger partial charge in [0.25, 0.3) is 10.0 Å². The van der Waals surface area contributed by atoms with Crippen molar-refractivity contribution in [1.82, 2.24) is 10.2 Å². The molecule has 7 nitrogen and oxygen atoms in total. The first-order chi connectivity index (χ1) is 21.5. The molecule has 4 aromatic carbocycles. The van der Waals surface area contributed by atoms with Crippen LogP contribution < -0.4 is 9.62 Å². The van der Waals surface area contributed by atoms with Crippen LogP contribution in [0.15, 0.2) is 108 Å². The lowest BCUT2D eigenvalue weighted by atomic mass is 10.0. The molecule has 0 saturated carbocycles. The highest BCUT2D eigenvalue weighted by Crippen LogP contribution is 2.29. The number of aryl methyl sites for hydroxylation is 2. The normalized spacial score (nSPS) is 12.6. The molecule has 0 radical (unpaired) electrons. The van der Waals surface area contributed by atoms with Crippen molar-refractivity contribution in [2.75, 3.05) is 10.8 Å². The van der Waals surface area contributed by atoms with E-state index in [0.717, 1.165) is 26.6 Å². The predicted molar refractivity (Wildman–Crippen MR) is 181 cm³/mol.